The van der Waals surface area contributed by atoms with Crippen molar-refractivity contribution in [2.75, 3.05) is 66.4 Å². The van der Waals surface area contributed by atoms with Crippen LogP contribution in [0, 0.1) is 11.8 Å². The van der Waals surface area contributed by atoms with Gasteiger partial charge in [-0.05, 0) is 70.5 Å². The average molecular weight is 548 g/mol. The highest BCUT2D eigenvalue weighted by molar-refractivity contribution is 5.81. The fourth-order valence-electron chi connectivity index (χ4n) is 6.14. The predicted molar refractivity (Wildman–Crippen MR) is 149 cm³/mol. The summed E-state index contributed by atoms with van der Waals surface area (Å²) in [5.41, 5.74) is 6.75. The minimum atomic E-state index is -0.246. The van der Waals surface area contributed by atoms with Crippen LogP contribution in [0.25, 0.3) is 11.2 Å². The second-order valence-electron chi connectivity index (χ2n) is 11.1. The molecule has 0 aromatic carbocycles. The molecule has 12 heteroatoms. The SMILES string of the molecule is COCCOc1nc(N)c2[nH]c(=O)n(CCCN(CC3CCC[C@H](CC(=O)OC)C3)C3CCN(C)CC3)c2n1. The maximum absolute atomic E-state index is 12.8. The topological polar surface area (TPSA) is 141 Å². The minimum Gasteiger partial charge on any atom is -0.469 e. The van der Waals surface area contributed by atoms with Crippen LogP contribution in [0.5, 0.6) is 6.01 Å². The standard InChI is InChI=1S/C27H45N7O5/c1-32-12-8-21(9-13-32)33(18-20-7-4-6-19(16-20)17-22(35)38-3)10-5-11-34-25-23(29-27(34)36)24(28)30-26(31-25)39-15-14-37-2/h19-21H,4-18H2,1-3H3,(H,29,36)(H2,28,30,31)/t19-,20?/m0/s1. The second-order valence-corrected chi connectivity index (χ2v) is 11.1. The van der Waals surface area contributed by atoms with E-state index in [1.807, 2.05) is 0 Å². The number of piperidine rings is 1. The summed E-state index contributed by atoms with van der Waals surface area (Å²) < 4.78 is 17.1. The molecule has 3 N–H and O–H groups in total. The zero-order valence-corrected chi connectivity index (χ0v) is 23.7. The molecule has 1 aliphatic carbocycles. The first-order valence-electron chi connectivity index (χ1n) is 14.2. The van der Waals surface area contributed by atoms with Crippen molar-refractivity contribution in [3.63, 3.8) is 0 Å². The maximum Gasteiger partial charge on any atom is 0.327 e. The number of nitrogens with zero attached hydrogens (tertiary/aromatic N) is 5. The molecule has 0 radical (unpaired) electrons. The van der Waals surface area contributed by atoms with Gasteiger partial charge in [-0.1, -0.05) is 6.42 Å². The molecule has 1 unspecified atom stereocenters. The molecule has 1 saturated carbocycles. The maximum atomic E-state index is 12.8. The van der Waals surface area contributed by atoms with Gasteiger partial charge in [0.15, 0.2) is 11.5 Å². The van der Waals surface area contributed by atoms with Crippen LogP contribution in [0.3, 0.4) is 0 Å². The molecule has 1 aliphatic heterocycles. The number of aromatic nitrogens is 4. The van der Waals surface area contributed by atoms with Crippen LogP contribution in [-0.2, 0) is 20.8 Å². The number of nitrogen functional groups attached to an aromatic ring is 1. The fourth-order valence-corrected chi connectivity index (χ4v) is 6.14. The van der Waals surface area contributed by atoms with Crippen molar-refractivity contribution in [3.8, 4) is 6.01 Å². The Balaban J connectivity index is 1.43. The van der Waals surface area contributed by atoms with Crippen LogP contribution in [0.15, 0.2) is 4.79 Å². The van der Waals surface area contributed by atoms with Gasteiger partial charge < -0.3 is 29.8 Å². The lowest BCUT2D eigenvalue weighted by Crippen LogP contribution is -2.46. The van der Waals surface area contributed by atoms with Crippen molar-refractivity contribution in [3.05, 3.63) is 10.5 Å². The number of nitrogens with one attached hydrogen (secondary N) is 1. The fraction of sp³-hybridized carbons (Fsp3) is 0.778. The highest BCUT2D eigenvalue weighted by atomic mass is 16.5. The van der Waals surface area contributed by atoms with Gasteiger partial charge in [0.1, 0.15) is 12.1 Å². The lowest BCUT2D eigenvalue weighted by Gasteiger charge is -2.40. The molecule has 0 bridgehead atoms. The first-order valence-corrected chi connectivity index (χ1v) is 14.2. The highest BCUT2D eigenvalue weighted by Crippen LogP contribution is 2.33. The number of nitrogens with two attached hydrogens (primary N) is 1. The van der Waals surface area contributed by atoms with Crippen molar-refractivity contribution in [2.45, 2.75) is 64.0 Å². The summed E-state index contributed by atoms with van der Waals surface area (Å²) in [6.45, 7) is 5.33. The van der Waals surface area contributed by atoms with Gasteiger partial charge in [0, 0.05) is 39.2 Å². The molecule has 2 fully saturated rings. The monoisotopic (exact) mass is 547 g/mol. The number of ether oxygens (including phenoxy) is 3. The largest absolute Gasteiger partial charge is 0.469 e. The molecule has 0 spiro atoms. The van der Waals surface area contributed by atoms with E-state index in [1.54, 1.807) is 11.7 Å². The van der Waals surface area contributed by atoms with E-state index in [0.717, 1.165) is 64.7 Å². The molecule has 2 aliphatic rings. The van der Waals surface area contributed by atoms with E-state index in [-0.39, 0.29) is 23.5 Å². The number of hydrogen-bond donors (Lipinski definition) is 2. The zero-order valence-electron chi connectivity index (χ0n) is 23.7. The molecule has 2 atom stereocenters. The van der Waals surface area contributed by atoms with Gasteiger partial charge in [0.25, 0.3) is 0 Å². The number of hydrogen-bond acceptors (Lipinski definition) is 10. The van der Waals surface area contributed by atoms with E-state index < -0.39 is 0 Å². The van der Waals surface area contributed by atoms with Crippen LogP contribution in [-0.4, -0.2) is 102 Å². The summed E-state index contributed by atoms with van der Waals surface area (Å²) in [4.78, 5) is 41.1. The molecule has 39 heavy (non-hydrogen) atoms. The number of rotatable bonds is 13. The van der Waals surface area contributed by atoms with Gasteiger partial charge in [0.05, 0.1) is 13.7 Å². The predicted octanol–water partition coefficient (Wildman–Crippen LogP) is 1.88. The van der Waals surface area contributed by atoms with Gasteiger partial charge in [-0.2, -0.15) is 9.97 Å². The Morgan fingerprint density at radius 1 is 1.13 bits per heavy atom. The third-order valence-corrected chi connectivity index (χ3v) is 8.25. The quantitative estimate of drug-likeness (QED) is 0.282. The Morgan fingerprint density at radius 2 is 1.90 bits per heavy atom. The van der Waals surface area contributed by atoms with Gasteiger partial charge >= 0.3 is 17.7 Å². The van der Waals surface area contributed by atoms with E-state index in [1.165, 1.54) is 13.5 Å². The lowest BCUT2D eigenvalue weighted by molar-refractivity contribution is -0.142. The van der Waals surface area contributed by atoms with Crippen LogP contribution in [0.1, 0.15) is 51.4 Å². The number of imidazole rings is 1. The second kappa shape index (κ2) is 14.1. The molecule has 3 heterocycles. The normalized spacial score (nSPS) is 21.0. The third-order valence-electron chi connectivity index (χ3n) is 8.25. The Labute approximate surface area is 230 Å². The van der Waals surface area contributed by atoms with Crippen molar-refractivity contribution in [1.82, 2.24) is 29.3 Å². The Hall–Kier alpha value is -2.70. The molecule has 4 rings (SSSR count). The lowest BCUT2D eigenvalue weighted by atomic mass is 9.79. The molecule has 2 aromatic rings. The smallest absolute Gasteiger partial charge is 0.327 e. The van der Waals surface area contributed by atoms with Gasteiger partial charge in [-0.25, -0.2) is 4.79 Å². The third kappa shape index (κ3) is 7.92. The van der Waals surface area contributed by atoms with Crippen LogP contribution >= 0.6 is 0 Å². The summed E-state index contributed by atoms with van der Waals surface area (Å²) >= 11 is 0. The number of aryl methyl sites for hydroxylation is 1. The summed E-state index contributed by atoms with van der Waals surface area (Å²) in [6, 6.07) is 0.664. The number of fused-ring (bicyclic) bond motifs is 1. The molecule has 2 aromatic heterocycles. The van der Waals surface area contributed by atoms with Crippen molar-refractivity contribution >= 4 is 23.0 Å². The van der Waals surface area contributed by atoms with E-state index in [2.05, 4.69) is 31.8 Å². The molecule has 218 valence electrons. The number of likely N-dealkylation sites (tertiary alicyclic amines) is 1. The first kappa shape index (κ1) is 29.3. The van der Waals surface area contributed by atoms with Gasteiger partial charge in [-0.3, -0.25) is 14.3 Å². The van der Waals surface area contributed by atoms with Crippen molar-refractivity contribution in [1.29, 1.82) is 0 Å². The molecule has 12 nitrogen and oxygen atoms in total. The molecule has 1 saturated heterocycles. The van der Waals surface area contributed by atoms with Gasteiger partial charge in [-0.15, -0.1) is 0 Å². The van der Waals surface area contributed by atoms with E-state index in [9.17, 15) is 9.59 Å². The number of H-pyrrole nitrogens is 1. The highest BCUT2D eigenvalue weighted by Gasteiger charge is 2.29. The molecular weight excluding hydrogens is 502 g/mol. The molecule has 0 amide bonds. The van der Waals surface area contributed by atoms with E-state index in [4.69, 9.17) is 19.9 Å². The van der Waals surface area contributed by atoms with E-state index in [0.29, 0.717) is 55.2 Å². The number of carbonyl (C=O) groups is 1. The number of carbonyl (C=O) groups excluding carboxylic acids is 1. The first-order chi connectivity index (χ1) is 18.9. The average Bonchev–Trinajstić information content (AvgIpc) is 3.24. The minimum absolute atomic E-state index is 0.103. The van der Waals surface area contributed by atoms with Crippen LogP contribution < -0.4 is 16.2 Å². The van der Waals surface area contributed by atoms with Gasteiger partial charge in [0.2, 0.25) is 0 Å². The number of anilines is 1. The van der Waals surface area contributed by atoms with Crippen LogP contribution in [0.2, 0.25) is 0 Å². The summed E-state index contributed by atoms with van der Waals surface area (Å²) in [5, 5.41) is 0. The number of methoxy groups -OCH3 is 2. The Morgan fingerprint density at radius 3 is 2.64 bits per heavy atom. The number of esters is 1. The summed E-state index contributed by atoms with van der Waals surface area (Å²) in [5.74, 6) is 1.07. The van der Waals surface area contributed by atoms with Crippen molar-refractivity contribution < 1.29 is 19.0 Å². The summed E-state index contributed by atoms with van der Waals surface area (Å²) in [7, 11) is 5.25. The summed E-state index contributed by atoms with van der Waals surface area (Å²) in [6.07, 6.45) is 8.16. The Kier molecular flexibility index (Phi) is 10.6. The van der Waals surface area contributed by atoms with Crippen LogP contribution in [0.4, 0.5) is 5.82 Å². The Bertz CT molecular complexity index is 1130. The number of aromatic amines is 1. The van der Waals surface area contributed by atoms with E-state index >= 15 is 0 Å². The molecular formula is C27H45N7O5. The van der Waals surface area contributed by atoms with Crippen molar-refractivity contribution in [2.24, 2.45) is 11.8 Å². The zero-order chi connectivity index (χ0) is 27.8.